The lowest BCUT2D eigenvalue weighted by Crippen LogP contribution is -2.39. The number of allylic oxidation sites excluding steroid dienone is 1. The standard InChI is InChI=1S/C15H20O/c1-6-14(3,4)15(5,11-16)13-9-7-12(2)8-10-13/h6-11H,1H2,2-5H3. The van der Waals surface area contributed by atoms with Crippen molar-refractivity contribution >= 4 is 6.29 Å². The first-order valence-electron chi connectivity index (χ1n) is 5.54. The molecule has 1 aromatic carbocycles. The second-order valence-corrected chi connectivity index (χ2v) is 5.11. The zero-order valence-corrected chi connectivity index (χ0v) is 10.6. The van der Waals surface area contributed by atoms with Crippen LogP contribution in [0.3, 0.4) is 0 Å². The molecule has 1 aromatic rings. The van der Waals surface area contributed by atoms with E-state index in [2.05, 4.69) is 6.58 Å². The van der Waals surface area contributed by atoms with Gasteiger partial charge in [0.05, 0.1) is 5.41 Å². The summed E-state index contributed by atoms with van der Waals surface area (Å²) in [4.78, 5) is 11.5. The third-order valence-corrected chi connectivity index (χ3v) is 3.74. The van der Waals surface area contributed by atoms with Gasteiger partial charge < -0.3 is 4.79 Å². The van der Waals surface area contributed by atoms with Crippen molar-refractivity contribution in [1.82, 2.24) is 0 Å². The van der Waals surface area contributed by atoms with E-state index in [1.54, 1.807) is 0 Å². The van der Waals surface area contributed by atoms with Crippen molar-refractivity contribution in [2.75, 3.05) is 0 Å². The highest BCUT2D eigenvalue weighted by molar-refractivity contribution is 5.70. The van der Waals surface area contributed by atoms with Gasteiger partial charge in [-0.05, 0) is 24.8 Å². The molecule has 1 nitrogen and oxygen atoms in total. The van der Waals surface area contributed by atoms with Crippen LogP contribution in [0.5, 0.6) is 0 Å². The van der Waals surface area contributed by atoms with E-state index in [0.29, 0.717) is 0 Å². The minimum atomic E-state index is -0.525. The summed E-state index contributed by atoms with van der Waals surface area (Å²) < 4.78 is 0. The highest BCUT2D eigenvalue weighted by atomic mass is 16.1. The summed E-state index contributed by atoms with van der Waals surface area (Å²) in [5.41, 5.74) is 1.46. The molecule has 0 aliphatic rings. The van der Waals surface area contributed by atoms with E-state index in [1.165, 1.54) is 5.56 Å². The largest absolute Gasteiger partial charge is 0.302 e. The number of aldehydes is 1. The van der Waals surface area contributed by atoms with Gasteiger partial charge in [-0.3, -0.25) is 0 Å². The first kappa shape index (κ1) is 12.7. The molecule has 0 spiro atoms. The van der Waals surface area contributed by atoms with Gasteiger partial charge in [0.25, 0.3) is 0 Å². The molecule has 0 radical (unpaired) electrons. The van der Waals surface area contributed by atoms with E-state index in [9.17, 15) is 4.79 Å². The van der Waals surface area contributed by atoms with Crippen LogP contribution < -0.4 is 0 Å². The lowest BCUT2D eigenvalue weighted by Gasteiger charge is -2.38. The van der Waals surface area contributed by atoms with Gasteiger partial charge >= 0.3 is 0 Å². The van der Waals surface area contributed by atoms with Crippen LogP contribution in [0.4, 0.5) is 0 Å². The summed E-state index contributed by atoms with van der Waals surface area (Å²) in [6.45, 7) is 11.9. The molecule has 0 N–H and O–H groups in total. The van der Waals surface area contributed by atoms with E-state index in [1.807, 2.05) is 58.0 Å². The molecule has 1 atom stereocenters. The smallest absolute Gasteiger partial charge is 0.131 e. The molecule has 0 bridgehead atoms. The number of aryl methyl sites for hydroxylation is 1. The van der Waals surface area contributed by atoms with Gasteiger partial charge in [-0.2, -0.15) is 0 Å². The Labute approximate surface area is 98.2 Å². The van der Waals surface area contributed by atoms with Crippen LogP contribution in [0.15, 0.2) is 36.9 Å². The SMILES string of the molecule is C=CC(C)(C)C(C)(C=O)c1ccc(C)cc1. The molecule has 0 heterocycles. The van der Waals surface area contributed by atoms with Crippen molar-refractivity contribution in [2.24, 2.45) is 5.41 Å². The van der Waals surface area contributed by atoms with Crippen molar-refractivity contribution in [3.05, 3.63) is 48.0 Å². The van der Waals surface area contributed by atoms with Gasteiger partial charge in [0.1, 0.15) is 6.29 Å². The monoisotopic (exact) mass is 216 g/mol. The van der Waals surface area contributed by atoms with E-state index in [-0.39, 0.29) is 5.41 Å². The first-order chi connectivity index (χ1) is 7.37. The normalized spacial score (nSPS) is 15.2. The zero-order chi connectivity index (χ0) is 12.4. The fourth-order valence-corrected chi connectivity index (χ4v) is 1.70. The maximum absolute atomic E-state index is 11.5. The molecule has 0 aliphatic heterocycles. The summed E-state index contributed by atoms with van der Waals surface area (Å²) in [5.74, 6) is 0. The molecule has 86 valence electrons. The highest BCUT2D eigenvalue weighted by Gasteiger charge is 2.40. The summed E-state index contributed by atoms with van der Waals surface area (Å²) in [7, 11) is 0. The van der Waals surface area contributed by atoms with Crippen LogP contribution in [-0.2, 0) is 10.2 Å². The molecular weight excluding hydrogens is 196 g/mol. The molecule has 1 heteroatoms. The third-order valence-electron chi connectivity index (χ3n) is 3.74. The highest BCUT2D eigenvalue weighted by Crippen LogP contribution is 2.40. The van der Waals surface area contributed by atoms with Crippen LogP contribution in [0.25, 0.3) is 0 Å². The molecule has 0 saturated heterocycles. The Morgan fingerprint density at radius 1 is 1.12 bits per heavy atom. The van der Waals surface area contributed by atoms with E-state index >= 15 is 0 Å². The van der Waals surface area contributed by atoms with E-state index in [4.69, 9.17) is 0 Å². The molecule has 0 aromatic heterocycles. The maximum atomic E-state index is 11.5. The van der Waals surface area contributed by atoms with Crippen molar-refractivity contribution in [3.8, 4) is 0 Å². The third kappa shape index (κ3) is 1.95. The summed E-state index contributed by atoms with van der Waals surface area (Å²) >= 11 is 0. The quantitative estimate of drug-likeness (QED) is 0.554. The Hall–Kier alpha value is -1.37. The number of hydrogen-bond donors (Lipinski definition) is 0. The van der Waals surface area contributed by atoms with Crippen LogP contribution in [-0.4, -0.2) is 6.29 Å². The van der Waals surface area contributed by atoms with Gasteiger partial charge in [0, 0.05) is 0 Å². The van der Waals surface area contributed by atoms with Crippen LogP contribution in [0, 0.1) is 12.3 Å². The summed E-state index contributed by atoms with van der Waals surface area (Å²) in [6.07, 6.45) is 2.88. The summed E-state index contributed by atoms with van der Waals surface area (Å²) in [5, 5.41) is 0. The van der Waals surface area contributed by atoms with E-state index in [0.717, 1.165) is 11.8 Å². The van der Waals surface area contributed by atoms with E-state index < -0.39 is 5.41 Å². The van der Waals surface area contributed by atoms with Crippen molar-refractivity contribution in [2.45, 2.75) is 33.1 Å². The minimum absolute atomic E-state index is 0.260. The second-order valence-electron chi connectivity index (χ2n) is 5.11. The predicted octanol–water partition coefficient (Wildman–Crippen LogP) is 3.66. The van der Waals surface area contributed by atoms with Gasteiger partial charge in [0.2, 0.25) is 0 Å². The molecule has 0 saturated carbocycles. The number of benzene rings is 1. The molecule has 0 amide bonds. The minimum Gasteiger partial charge on any atom is -0.302 e. The van der Waals surface area contributed by atoms with Crippen LogP contribution in [0.2, 0.25) is 0 Å². The fourth-order valence-electron chi connectivity index (χ4n) is 1.70. The Bertz CT molecular complexity index is 386. The zero-order valence-electron chi connectivity index (χ0n) is 10.6. The van der Waals surface area contributed by atoms with Gasteiger partial charge in [0.15, 0.2) is 0 Å². The van der Waals surface area contributed by atoms with Gasteiger partial charge in [-0.15, -0.1) is 6.58 Å². The molecule has 0 aliphatic carbocycles. The lowest BCUT2D eigenvalue weighted by atomic mass is 9.64. The maximum Gasteiger partial charge on any atom is 0.131 e. The second kappa shape index (κ2) is 4.25. The van der Waals surface area contributed by atoms with Gasteiger partial charge in [-0.25, -0.2) is 0 Å². The average Bonchev–Trinajstić information content (AvgIpc) is 2.28. The number of carbonyl (C=O) groups is 1. The Morgan fingerprint density at radius 3 is 2.00 bits per heavy atom. The molecule has 16 heavy (non-hydrogen) atoms. The Kier molecular flexibility index (Phi) is 3.37. The first-order valence-corrected chi connectivity index (χ1v) is 5.54. The van der Waals surface area contributed by atoms with Crippen molar-refractivity contribution < 1.29 is 4.79 Å². The molecule has 0 fully saturated rings. The lowest BCUT2D eigenvalue weighted by molar-refractivity contribution is -0.114. The average molecular weight is 216 g/mol. The van der Waals surface area contributed by atoms with Gasteiger partial charge in [-0.1, -0.05) is 49.8 Å². The van der Waals surface area contributed by atoms with Crippen LogP contribution in [0.1, 0.15) is 31.9 Å². The van der Waals surface area contributed by atoms with Crippen LogP contribution >= 0.6 is 0 Å². The Balaban J connectivity index is 3.30. The molecule has 1 unspecified atom stereocenters. The number of carbonyl (C=O) groups excluding carboxylic acids is 1. The molecular formula is C15H20O. The fraction of sp³-hybridized carbons (Fsp3) is 0.400. The molecule has 1 rings (SSSR count). The summed E-state index contributed by atoms with van der Waals surface area (Å²) in [6, 6.07) is 8.12. The Morgan fingerprint density at radius 2 is 1.62 bits per heavy atom. The number of rotatable bonds is 4. The van der Waals surface area contributed by atoms with Crippen molar-refractivity contribution in [1.29, 1.82) is 0 Å². The topological polar surface area (TPSA) is 17.1 Å². The number of hydrogen-bond acceptors (Lipinski definition) is 1. The predicted molar refractivity (Wildman–Crippen MR) is 68.6 cm³/mol. The van der Waals surface area contributed by atoms with Crippen molar-refractivity contribution in [3.63, 3.8) is 0 Å².